The third kappa shape index (κ3) is 3.46. The van der Waals surface area contributed by atoms with E-state index in [1.54, 1.807) is 11.5 Å². The van der Waals surface area contributed by atoms with Gasteiger partial charge in [0.15, 0.2) is 22.7 Å². The van der Waals surface area contributed by atoms with E-state index in [0.717, 1.165) is 6.42 Å². The Labute approximate surface area is 168 Å². The van der Waals surface area contributed by atoms with Crippen LogP contribution in [0.2, 0.25) is 0 Å². The van der Waals surface area contributed by atoms with E-state index >= 15 is 0 Å². The first kappa shape index (κ1) is 19.7. The van der Waals surface area contributed by atoms with E-state index in [1.807, 2.05) is 18.2 Å². The van der Waals surface area contributed by atoms with Gasteiger partial charge >= 0.3 is 0 Å². The largest absolute Gasteiger partial charge is 0.394 e. The lowest BCUT2D eigenvalue weighted by atomic mass is 10.0. The molecule has 1 fully saturated rings. The van der Waals surface area contributed by atoms with Crippen molar-refractivity contribution in [2.24, 2.45) is 0 Å². The van der Waals surface area contributed by atoms with Crippen LogP contribution in [0.5, 0.6) is 0 Å². The van der Waals surface area contributed by atoms with Crippen LogP contribution < -0.4 is 5.32 Å². The van der Waals surface area contributed by atoms with Crippen molar-refractivity contribution < 1.29 is 20.1 Å². The second-order valence-electron chi connectivity index (χ2n) is 7.57. The van der Waals surface area contributed by atoms with Crippen LogP contribution in [-0.4, -0.2) is 65.8 Å². The highest BCUT2D eigenvalue weighted by atomic mass is 16.6. The Bertz CT molecular complexity index is 981. The average molecular weight is 399 g/mol. The van der Waals surface area contributed by atoms with Gasteiger partial charge in [-0.2, -0.15) is 0 Å². The zero-order valence-corrected chi connectivity index (χ0v) is 16.3. The Kier molecular flexibility index (Phi) is 5.22. The quantitative estimate of drug-likeness (QED) is 0.476. The number of aliphatic hydroxyl groups is 3. The second-order valence-corrected chi connectivity index (χ2v) is 7.57. The van der Waals surface area contributed by atoms with E-state index in [1.165, 1.54) is 18.2 Å². The predicted octanol–water partition coefficient (Wildman–Crippen LogP) is 0.655. The molecule has 1 aromatic carbocycles. The lowest BCUT2D eigenvalue weighted by Gasteiger charge is -2.29. The van der Waals surface area contributed by atoms with Crippen molar-refractivity contribution in [3.63, 3.8) is 0 Å². The maximum atomic E-state index is 10.5. The summed E-state index contributed by atoms with van der Waals surface area (Å²) in [6.45, 7) is 3.29. The van der Waals surface area contributed by atoms with Gasteiger partial charge in [-0.05, 0) is 25.8 Å². The van der Waals surface area contributed by atoms with E-state index in [9.17, 15) is 15.3 Å². The molecule has 4 unspecified atom stereocenters. The van der Waals surface area contributed by atoms with Gasteiger partial charge in [-0.1, -0.05) is 30.3 Å². The van der Waals surface area contributed by atoms with Crippen molar-refractivity contribution in [3.8, 4) is 0 Å². The number of benzene rings is 1. The molecule has 5 atom stereocenters. The number of imidazole rings is 1. The van der Waals surface area contributed by atoms with Crippen molar-refractivity contribution in [1.82, 2.24) is 19.5 Å². The molecule has 9 heteroatoms. The van der Waals surface area contributed by atoms with E-state index in [-0.39, 0.29) is 6.04 Å². The van der Waals surface area contributed by atoms with Gasteiger partial charge in [-0.25, -0.2) is 15.0 Å². The van der Waals surface area contributed by atoms with Crippen LogP contribution in [0.1, 0.15) is 19.4 Å². The second kappa shape index (κ2) is 7.68. The van der Waals surface area contributed by atoms with Crippen LogP contribution in [0.4, 0.5) is 5.82 Å². The summed E-state index contributed by atoms with van der Waals surface area (Å²) in [4.78, 5) is 13.1. The monoisotopic (exact) mass is 399 g/mol. The normalized spacial score (nSPS) is 28.0. The summed E-state index contributed by atoms with van der Waals surface area (Å²) in [6.07, 6.45) is 0.382. The number of anilines is 1. The molecular weight excluding hydrogens is 374 g/mol. The third-order valence-corrected chi connectivity index (χ3v) is 5.40. The molecule has 9 nitrogen and oxygen atoms in total. The predicted molar refractivity (Wildman–Crippen MR) is 106 cm³/mol. The van der Waals surface area contributed by atoms with Gasteiger partial charge < -0.3 is 25.4 Å². The summed E-state index contributed by atoms with van der Waals surface area (Å²) in [7, 11) is 0. The van der Waals surface area contributed by atoms with Gasteiger partial charge in [0, 0.05) is 6.04 Å². The first-order valence-electron chi connectivity index (χ1n) is 9.58. The zero-order valence-electron chi connectivity index (χ0n) is 16.3. The molecule has 4 rings (SSSR count). The molecule has 154 valence electrons. The summed E-state index contributed by atoms with van der Waals surface area (Å²) in [5.41, 5.74) is 0.888. The van der Waals surface area contributed by atoms with E-state index in [2.05, 4.69) is 39.3 Å². The van der Waals surface area contributed by atoms with Gasteiger partial charge in [-0.15, -0.1) is 0 Å². The van der Waals surface area contributed by atoms with Crippen molar-refractivity contribution in [1.29, 1.82) is 0 Å². The summed E-state index contributed by atoms with van der Waals surface area (Å²) in [5, 5.41) is 33.5. The minimum absolute atomic E-state index is 0.102. The Hall–Kier alpha value is -2.59. The Morgan fingerprint density at radius 2 is 1.97 bits per heavy atom. The number of rotatable bonds is 6. The van der Waals surface area contributed by atoms with Gasteiger partial charge in [-0.3, -0.25) is 4.57 Å². The van der Waals surface area contributed by atoms with Crippen LogP contribution in [0.25, 0.3) is 11.2 Å². The molecule has 4 N–H and O–H groups in total. The maximum Gasteiger partial charge on any atom is 0.173 e. The molecule has 0 aliphatic carbocycles. The number of hydrogen-bond acceptors (Lipinski definition) is 8. The fourth-order valence-electron chi connectivity index (χ4n) is 3.83. The molecule has 0 radical (unpaired) electrons. The van der Waals surface area contributed by atoms with Gasteiger partial charge in [0.1, 0.15) is 24.6 Å². The van der Waals surface area contributed by atoms with Crippen LogP contribution >= 0.6 is 0 Å². The van der Waals surface area contributed by atoms with Crippen LogP contribution in [-0.2, 0) is 16.9 Å². The molecule has 0 bridgehead atoms. The fraction of sp³-hybridized carbons (Fsp3) is 0.450. The number of aliphatic hydroxyl groups excluding tert-OH is 3. The number of hydrogen-bond donors (Lipinski definition) is 4. The van der Waals surface area contributed by atoms with E-state index in [0.29, 0.717) is 17.0 Å². The third-order valence-electron chi connectivity index (χ3n) is 5.40. The Balaban J connectivity index is 1.62. The number of nitrogens with zero attached hydrogens (tertiary/aromatic N) is 4. The van der Waals surface area contributed by atoms with Crippen LogP contribution in [0, 0.1) is 0 Å². The maximum absolute atomic E-state index is 10.5. The molecule has 0 spiro atoms. The molecule has 1 aliphatic rings. The van der Waals surface area contributed by atoms with Gasteiger partial charge in [0.05, 0.1) is 12.9 Å². The van der Waals surface area contributed by atoms with Gasteiger partial charge in [0.25, 0.3) is 0 Å². The average Bonchev–Trinajstić information content (AvgIpc) is 3.25. The Morgan fingerprint density at radius 3 is 2.66 bits per heavy atom. The topological polar surface area (TPSA) is 126 Å². The van der Waals surface area contributed by atoms with Crippen molar-refractivity contribution in [2.45, 2.75) is 50.3 Å². The van der Waals surface area contributed by atoms with E-state index < -0.39 is 30.6 Å². The Morgan fingerprint density at radius 1 is 1.21 bits per heavy atom. The van der Waals surface area contributed by atoms with Crippen LogP contribution in [0.3, 0.4) is 0 Å². The highest BCUT2D eigenvalue weighted by molar-refractivity contribution is 5.83. The highest BCUT2D eigenvalue weighted by Crippen LogP contribution is 2.37. The number of nitrogens with one attached hydrogen (secondary N) is 1. The molecule has 0 saturated carbocycles. The summed E-state index contributed by atoms with van der Waals surface area (Å²) in [6, 6.07) is 10.3. The molecule has 3 aromatic rings. The lowest BCUT2D eigenvalue weighted by Crippen LogP contribution is -2.43. The van der Waals surface area contributed by atoms with Crippen molar-refractivity contribution in [3.05, 3.63) is 48.5 Å². The number of aromatic nitrogens is 4. The fourth-order valence-corrected chi connectivity index (χ4v) is 3.83. The van der Waals surface area contributed by atoms with E-state index in [4.69, 9.17) is 4.74 Å². The summed E-state index contributed by atoms with van der Waals surface area (Å²) in [5.74, 6) is 0.576. The lowest BCUT2D eigenvalue weighted by molar-refractivity contribution is -0.132. The summed E-state index contributed by atoms with van der Waals surface area (Å²) >= 11 is 0. The summed E-state index contributed by atoms with van der Waals surface area (Å²) < 4.78 is 7.34. The number of fused-ring (bicyclic) bond motifs is 1. The molecule has 3 heterocycles. The van der Waals surface area contributed by atoms with Gasteiger partial charge in [0.2, 0.25) is 0 Å². The minimum atomic E-state index is -1.32. The molecule has 1 saturated heterocycles. The van der Waals surface area contributed by atoms with Crippen molar-refractivity contribution >= 4 is 17.0 Å². The SMILES string of the molecule is CC(Cc1ccccc1)Nc1ncnc2c1ncn2[C@]1(C)OC(CO)C(O)C1O. The first-order valence-corrected chi connectivity index (χ1v) is 9.58. The van der Waals surface area contributed by atoms with Crippen molar-refractivity contribution in [2.75, 3.05) is 11.9 Å². The first-order chi connectivity index (χ1) is 13.9. The standard InChI is InChI=1S/C20H25N5O4/c1-12(8-13-6-4-3-5-7-13)24-18-15-19(22-10-21-18)25(11-23-15)20(2)17(28)16(27)14(9-26)29-20/h3-7,10-12,14,16-17,26-28H,8-9H2,1-2H3,(H,21,22,24)/t12?,14?,16?,17?,20-/m1/s1. The smallest absolute Gasteiger partial charge is 0.173 e. The minimum Gasteiger partial charge on any atom is -0.394 e. The van der Waals surface area contributed by atoms with Crippen LogP contribution in [0.15, 0.2) is 43.0 Å². The molecule has 2 aromatic heterocycles. The molecular formula is C20H25N5O4. The molecule has 29 heavy (non-hydrogen) atoms. The molecule has 1 aliphatic heterocycles. The zero-order chi connectivity index (χ0) is 20.6. The molecule has 0 amide bonds. The highest BCUT2D eigenvalue weighted by Gasteiger charge is 2.52. The number of ether oxygens (including phenoxy) is 1.